The monoisotopic (exact) mass is 244 g/mol. The van der Waals surface area contributed by atoms with Crippen molar-refractivity contribution >= 4 is 13.3 Å². The largest absolute Gasteiger partial charge is 0.0871 e. The van der Waals surface area contributed by atoms with Gasteiger partial charge < -0.3 is 0 Å². The van der Waals surface area contributed by atoms with E-state index in [1.54, 1.807) is 10.8 Å². The van der Waals surface area contributed by atoms with E-state index in [-0.39, 0.29) is 0 Å². The van der Waals surface area contributed by atoms with Crippen LogP contribution in [0.1, 0.15) is 32.6 Å². The second kappa shape index (κ2) is 5.22. The number of benzene rings is 1. The fourth-order valence-electron chi connectivity index (χ4n) is 2.69. The van der Waals surface area contributed by atoms with Gasteiger partial charge in [0.1, 0.15) is 0 Å². The predicted octanol–water partition coefficient (Wildman–Crippen LogP) is 4.49. The first-order valence-electron chi connectivity index (χ1n) is 6.86. The maximum atomic E-state index is 2.59. The highest BCUT2D eigenvalue weighted by molar-refractivity contribution is 6.91. The van der Waals surface area contributed by atoms with Gasteiger partial charge in [-0.1, -0.05) is 67.2 Å². The zero-order valence-corrected chi connectivity index (χ0v) is 12.4. The Labute approximate surface area is 107 Å². The van der Waals surface area contributed by atoms with E-state index in [1.165, 1.54) is 25.7 Å². The number of hydrogen-bond donors (Lipinski definition) is 0. The van der Waals surface area contributed by atoms with Crippen LogP contribution in [0.2, 0.25) is 18.6 Å². The van der Waals surface area contributed by atoms with Crippen molar-refractivity contribution in [1.29, 1.82) is 0 Å². The first-order chi connectivity index (χ1) is 8.10. The highest BCUT2D eigenvalue weighted by atomic mass is 28.3. The normalized spacial score (nSPS) is 18.2. The van der Waals surface area contributed by atoms with E-state index in [1.807, 2.05) is 0 Å². The minimum absolute atomic E-state index is 0.748. The molecule has 1 aliphatic carbocycles. The van der Waals surface area contributed by atoms with E-state index in [2.05, 4.69) is 56.4 Å². The molecule has 1 heteroatoms. The lowest BCUT2D eigenvalue weighted by Gasteiger charge is -2.28. The molecule has 0 N–H and O–H groups in total. The van der Waals surface area contributed by atoms with Crippen LogP contribution in [0.3, 0.4) is 0 Å². The van der Waals surface area contributed by atoms with Gasteiger partial charge in [-0.25, -0.2) is 0 Å². The zero-order valence-electron chi connectivity index (χ0n) is 11.4. The lowest BCUT2D eigenvalue weighted by Crippen LogP contribution is -2.44. The predicted molar refractivity (Wildman–Crippen MR) is 79.5 cm³/mol. The molecule has 0 spiro atoms. The van der Waals surface area contributed by atoms with Gasteiger partial charge >= 0.3 is 0 Å². The van der Waals surface area contributed by atoms with Gasteiger partial charge in [0.05, 0.1) is 8.07 Å². The molecule has 1 unspecified atom stereocenters. The molecule has 0 bridgehead atoms. The average Bonchev–Trinajstić information content (AvgIpc) is 2.83. The summed E-state index contributed by atoms with van der Waals surface area (Å²) in [6.45, 7) is 7.42. The summed E-state index contributed by atoms with van der Waals surface area (Å²) in [5.41, 5.74) is 2.46. The summed E-state index contributed by atoms with van der Waals surface area (Å²) in [5.74, 6) is 0. The van der Waals surface area contributed by atoms with Gasteiger partial charge in [-0.2, -0.15) is 0 Å². The summed E-state index contributed by atoms with van der Waals surface area (Å²) in [6, 6.07) is 11.1. The van der Waals surface area contributed by atoms with Crippen LogP contribution in [0, 0.1) is 0 Å². The molecule has 0 saturated heterocycles. The number of rotatable bonds is 3. The molecule has 0 radical (unpaired) electrons. The van der Waals surface area contributed by atoms with Crippen molar-refractivity contribution in [2.24, 2.45) is 0 Å². The fourth-order valence-corrected chi connectivity index (χ4v) is 4.92. The summed E-state index contributed by atoms with van der Waals surface area (Å²) in [6.07, 6.45) is 8.11. The summed E-state index contributed by atoms with van der Waals surface area (Å²) in [5, 5.41) is 1.59. The molecule has 0 heterocycles. The molecule has 1 aliphatic rings. The van der Waals surface area contributed by atoms with Crippen molar-refractivity contribution in [2.45, 2.75) is 51.2 Å². The van der Waals surface area contributed by atoms with Gasteiger partial charge in [0.25, 0.3) is 0 Å². The third kappa shape index (κ3) is 2.89. The summed E-state index contributed by atoms with van der Waals surface area (Å²) in [7, 11) is -1.33. The molecule has 0 nitrogen and oxygen atoms in total. The van der Waals surface area contributed by atoms with Crippen LogP contribution in [0.25, 0.3) is 0 Å². The molecule has 0 amide bonds. The lowest BCUT2D eigenvalue weighted by molar-refractivity contribution is 0.886. The van der Waals surface area contributed by atoms with Crippen LogP contribution in [0.5, 0.6) is 0 Å². The van der Waals surface area contributed by atoms with E-state index in [9.17, 15) is 0 Å². The standard InChI is InChI=1S/C16H24Si/c1-14(13-15-9-7-8-10-15)17(2,3)16-11-5-4-6-12-16/h4-6,11-14H,7-10H2,1-3H3. The molecule has 0 aromatic heterocycles. The van der Waals surface area contributed by atoms with E-state index in [0.717, 1.165) is 5.54 Å². The molecule has 0 aliphatic heterocycles. The number of hydrogen-bond acceptors (Lipinski definition) is 0. The van der Waals surface area contributed by atoms with Gasteiger partial charge in [0, 0.05) is 0 Å². The Morgan fingerprint density at radius 3 is 2.24 bits per heavy atom. The van der Waals surface area contributed by atoms with Crippen LogP contribution in [-0.2, 0) is 0 Å². The quantitative estimate of drug-likeness (QED) is 0.543. The summed E-state index contributed by atoms with van der Waals surface area (Å²) >= 11 is 0. The molecule has 1 atom stereocenters. The van der Waals surface area contributed by atoms with E-state index in [0.29, 0.717) is 0 Å². The van der Waals surface area contributed by atoms with Crippen molar-refractivity contribution in [3.63, 3.8) is 0 Å². The van der Waals surface area contributed by atoms with Crippen molar-refractivity contribution in [3.8, 4) is 0 Å². The highest BCUT2D eigenvalue weighted by Gasteiger charge is 2.29. The topological polar surface area (TPSA) is 0 Å². The van der Waals surface area contributed by atoms with Gasteiger partial charge in [-0.05, 0) is 31.2 Å². The molecule has 2 rings (SSSR count). The minimum atomic E-state index is -1.33. The maximum absolute atomic E-state index is 2.59. The van der Waals surface area contributed by atoms with E-state index in [4.69, 9.17) is 0 Å². The molecular weight excluding hydrogens is 220 g/mol. The summed E-state index contributed by atoms with van der Waals surface area (Å²) < 4.78 is 0. The first-order valence-corrected chi connectivity index (χ1v) is 9.93. The van der Waals surface area contributed by atoms with Crippen LogP contribution < -0.4 is 5.19 Å². The van der Waals surface area contributed by atoms with Crippen molar-refractivity contribution in [1.82, 2.24) is 0 Å². The van der Waals surface area contributed by atoms with Crippen molar-refractivity contribution in [2.75, 3.05) is 0 Å². The van der Waals surface area contributed by atoms with Crippen LogP contribution >= 0.6 is 0 Å². The number of allylic oxidation sites excluding steroid dienone is 2. The highest BCUT2D eigenvalue weighted by Crippen LogP contribution is 2.30. The minimum Gasteiger partial charge on any atom is -0.0848 e. The van der Waals surface area contributed by atoms with Gasteiger partial charge in [-0.15, -0.1) is 0 Å². The smallest absolute Gasteiger partial charge is 0.0848 e. The average molecular weight is 244 g/mol. The Balaban J connectivity index is 2.17. The summed E-state index contributed by atoms with van der Waals surface area (Å²) in [4.78, 5) is 0. The van der Waals surface area contributed by atoms with Gasteiger partial charge in [-0.3, -0.25) is 0 Å². The molecule has 17 heavy (non-hydrogen) atoms. The zero-order chi connectivity index (χ0) is 12.3. The lowest BCUT2D eigenvalue weighted by atomic mass is 10.2. The second-order valence-corrected chi connectivity index (χ2v) is 10.8. The molecule has 92 valence electrons. The van der Waals surface area contributed by atoms with Crippen LogP contribution in [0.4, 0.5) is 0 Å². The Morgan fingerprint density at radius 2 is 1.65 bits per heavy atom. The van der Waals surface area contributed by atoms with Crippen molar-refractivity contribution < 1.29 is 0 Å². The molecule has 1 fully saturated rings. The SMILES string of the molecule is CC(C=C1CCCC1)[Si](C)(C)c1ccccc1. The molecule has 1 aromatic carbocycles. The Hall–Kier alpha value is -0.823. The first kappa shape index (κ1) is 12.6. The fraction of sp³-hybridized carbons (Fsp3) is 0.500. The Morgan fingerprint density at radius 1 is 1.06 bits per heavy atom. The second-order valence-electron chi connectivity index (χ2n) is 5.91. The van der Waals surface area contributed by atoms with Crippen LogP contribution in [0.15, 0.2) is 42.0 Å². The third-order valence-corrected chi connectivity index (χ3v) is 8.65. The molecule has 1 saturated carbocycles. The third-order valence-electron chi connectivity index (χ3n) is 4.39. The molecule has 1 aromatic rings. The molecular formula is C16H24Si. The van der Waals surface area contributed by atoms with Gasteiger partial charge in [0.2, 0.25) is 0 Å². The van der Waals surface area contributed by atoms with Crippen molar-refractivity contribution in [3.05, 3.63) is 42.0 Å². The van der Waals surface area contributed by atoms with Gasteiger partial charge in [0.15, 0.2) is 0 Å². The Bertz CT molecular complexity index is 381. The Kier molecular flexibility index (Phi) is 3.88. The van der Waals surface area contributed by atoms with E-state index >= 15 is 0 Å². The maximum Gasteiger partial charge on any atom is 0.0871 e. The van der Waals surface area contributed by atoms with E-state index < -0.39 is 8.07 Å². The van der Waals surface area contributed by atoms with Crippen LogP contribution in [-0.4, -0.2) is 8.07 Å².